The lowest BCUT2D eigenvalue weighted by molar-refractivity contribution is 0.268. The van der Waals surface area contributed by atoms with E-state index in [1.165, 1.54) is 5.56 Å². The fourth-order valence-corrected chi connectivity index (χ4v) is 3.08. The van der Waals surface area contributed by atoms with Crippen molar-refractivity contribution < 1.29 is 0 Å². The third-order valence-electron chi connectivity index (χ3n) is 4.31. The molecule has 0 saturated carbocycles. The monoisotopic (exact) mass is 316 g/mol. The van der Waals surface area contributed by atoms with E-state index in [0.717, 1.165) is 48.8 Å². The third kappa shape index (κ3) is 3.29. The number of nitrogens with zero attached hydrogens (tertiary/aromatic N) is 3. The number of benzene rings is 1. The van der Waals surface area contributed by atoms with E-state index in [4.69, 9.17) is 0 Å². The Bertz CT molecular complexity index is 802. The lowest BCUT2D eigenvalue weighted by Gasteiger charge is -2.19. The van der Waals surface area contributed by atoms with E-state index in [1.54, 1.807) is 0 Å². The number of nitrogens with one attached hydrogen (secondary N) is 1. The molecule has 1 aliphatic rings. The van der Waals surface area contributed by atoms with Crippen LogP contribution in [0.15, 0.2) is 67.0 Å². The van der Waals surface area contributed by atoms with Gasteiger partial charge in [0.25, 0.3) is 0 Å². The minimum atomic E-state index is 0.866. The zero-order chi connectivity index (χ0) is 16.2. The first-order valence-corrected chi connectivity index (χ1v) is 8.29. The van der Waals surface area contributed by atoms with Crippen molar-refractivity contribution in [1.82, 2.24) is 14.9 Å². The smallest absolute Gasteiger partial charge is 0.0706 e. The molecule has 3 aromatic rings. The summed E-state index contributed by atoms with van der Waals surface area (Å²) in [5, 5.41) is 3.49. The summed E-state index contributed by atoms with van der Waals surface area (Å²) < 4.78 is 0. The van der Waals surface area contributed by atoms with Gasteiger partial charge < -0.3 is 5.32 Å². The van der Waals surface area contributed by atoms with Gasteiger partial charge in [0.05, 0.1) is 23.3 Å². The summed E-state index contributed by atoms with van der Waals surface area (Å²) in [7, 11) is 0. The Balaban J connectivity index is 1.59. The molecule has 4 heteroatoms. The van der Waals surface area contributed by atoms with Crippen molar-refractivity contribution in [3.63, 3.8) is 0 Å². The first-order chi connectivity index (χ1) is 11.9. The molecule has 0 atom stereocenters. The highest BCUT2D eigenvalue weighted by Crippen LogP contribution is 2.25. The SMILES string of the molecule is c1ccc(-c2cc3c(cn2)NCCN(Cc2ccccn2)C3)cc1. The number of hydrogen-bond donors (Lipinski definition) is 1. The summed E-state index contributed by atoms with van der Waals surface area (Å²) in [5.41, 5.74) is 5.71. The lowest BCUT2D eigenvalue weighted by Crippen LogP contribution is -2.25. The van der Waals surface area contributed by atoms with Crippen LogP contribution in [-0.2, 0) is 13.1 Å². The molecule has 4 rings (SSSR count). The van der Waals surface area contributed by atoms with Gasteiger partial charge in [0.2, 0.25) is 0 Å². The molecule has 24 heavy (non-hydrogen) atoms. The minimum Gasteiger partial charge on any atom is -0.382 e. The summed E-state index contributed by atoms with van der Waals surface area (Å²) in [6, 6.07) is 18.6. The quantitative estimate of drug-likeness (QED) is 0.802. The van der Waals surface area contributed by atoms with Crippen molar-refractivity contribution in [1.29, 1.82) is 0 Å². The molecule has 0 unspecified atom stereocenters. The van der Waals surface area contributed by atoms with E-state index in [-0.39, 0.29) is 0 Å². The van der Waals surface area contributed by atoms with Gasteiger partial charge in [-0.25, -0.2) is 0 Å². The normalized spacial score (nSPS) is 14.5. The zero-order valence-electron chi connectivity index (χ0n) is 13.5. The molecule has 0 spiro atoms. The van der Waals surface area contributed by atoms with Crippen LogP contribution in [0.5, 0.6) is 0 Å². The molecule has 1 aromatic carbocycles. The highest BCUT2D eigenvalue weighted by atomic mass is 15.2. The van der Waals surface area contributed by atoms with Crippen molar-refractivity contribution in [2.24, 2.45) is 0 Å². The summed E-state index contributed by atoms with van der Waals surface area (Å²) in [6.45, 7) is 3.68. The predicted molar refractivity (Wildman–Crippen MR) is 96.5 cm³/mol. The molecule has 0 saturated heterocycles. The summed E-state index contributed by atoms with van der Waals surface area (Å²) in [6.07, 6.45) is 3.82. The highest BCUT2D eigenvalue weighted by molar-refractivity contribution is 5.64. The largest absolute Gasteiger partial charge is 0.382 e. The number of pyridine rings is 2. The van der Waals surface area contributed by atoms with Gasteiger partial charge in [0.1, 0.15) is 0 Å². The molecule has 0 radical (unpaired) electrons. The maximum atomic E-state index is 4.62. The van der Waals surface area contributed by atoms with Crippen molar-refractivity contribution in [2.45, 2.75) is 13.1 Å². The number of rotatable bonds is 3. The minimum absolute atomic E-state index is 0.866. The van der Waals surface area contributed by atoms with Gasteiger partial charge >= 0.3 is 0 Å². The van der Waals surface area contributed by atoms with E-state index < -0.39 is 0 Å². The van der Waals surface area contributed by atoms with Crippen LogP contribution in [0.4, 0.5) is 5.69 Å². The van der Waals surface area contributed by atoms with Gasteiger partial charge in [-0.15, -0.1) is 0 Å². The summed E-state index contributed by atoms with van der Waals surface area (Å²) in [5.74, 6) is 0. The first-order valence-electron chi connectivity index (χ1n) is 8.29. The Morgan fingerprint density at radius 2 is 1.88 bits per heavy atom. The van der Waals surface area contributed by atoms with Gasteiger partial charge in [-0.05, 0) is 23.8 Å². The van der Waals surface area contributed by atoms with Crippen LogP contribution >= 0.6 is 0 Å². The van der Waals surface area contributed by atoms with Gasteiger partial charge in [-0.2, -0.15) is 0 Å². The first kappa shape index (κ1) is 14.8. The van der Waals surface area contributed by atoms with Gasteiger partial charge in [0, 0.05) is 37.9 Å². The van der Waals surface area contributed by atoms with Crippen LogP contribution in [0.2, 0.25) is 0 Å². The molecule has 0 fully saturated rings. The molecule has 3 heterocycles. The Hall–Kier alpha value is -2.72. The van der Waals surface area contributed by atoms with Crippen molar-refractivity contribution in [2.75, 3.05) is 18.4 Å². The highest BCUT2D eigenvalue weighted by Gasteiger charge is 2.16. The van der Waals surface area contributed by atoms with E-state index >= 15 is 0 Å². The molecule has 0 bridgehead atoms. The lowest BCUT2D eigenvalue weighted by atomic mass is 10.1. The van der Waals surface area contributed by atoms with Crippen LogP contribution in [0.25, 0.3) is 11.3 Å². The Morgan fingerprint density at radius 3 is 2.71 bits per heavy atom. The van der Waals surface area contributed by atoms with E-state index in [9.17, 15) is 0 Å². The van der Waals surface area contributed by atoms with Crippen molar-refractivity contribution >= 4 is 5.69 Å². The van der Waals surface area contributed by atoms with Crippen LogP contribution < -0.4 is 5.32 Å². The average molecular weight is 316 g/mol. The molecule has 0 amide bonds. The summed E-state index contributed by atoms with van der Waals surface area (Å²) >= 11 is 0. The van der Waals surface area contributed by atoms with Crippen LogP contribution in [-0.4, -0.2) is 28.0 Å². The standard InChI is InChI=1S/C20H20N4/c1-2-6-16(7-3-1)19-12-17-14-24(11-10-22-20(17)13-23-19)15-18-8-4-5-9-21-18/h1-9,12-13,22H,10-11,14-15H2. The molecular formula is C20H20N4. The maximum absolute atomic E-state index is 4.62. The topological polar surface area (TPSA) is 41.1 Å². The van der Waals surface area contributed by atoms with Gasteiger partial charge in [0.15, 0.2) is 0 Å². The third-order valence-corrected chi connectivity index (χ3v) is 4.31. The molecular weight excluding hydrogens is 296 g/mol. The molecule has 4 nitrogen and oxygen atoms in total. The summed E-state index contributed by atoms with van der Waals surface area (Å²) in [4.78, 5) is 11.5. The maximum Gasteiger partial charge on any atom is 0.0706 e. The van der Waals surface area contributed by atoms with E-state index in [2.05, 4.69) is 44.5 Å². The molecule has 1 N–H and O–H groups in total. The number of hydrogen-bond acceptors (Lipinski definition) is 4. The molecule has 1 aliphatic heterocycles. The number of anilines is 1. The van der Waals surface area contributed by atoms with Crippen molar-refractivity contribution in [3.8, 4) is 11.3 Å². The number of aromatic nitrogens is 2. The van der Waals surface area contributed by atoms with Crippen molar-refractivity contribution in [3.05, 3.63) is 78.2 Å². The molecule has 2 aromatic heterocycles. The van der Waals surface area contributed by atoms with E-state index in [0.29, 0.717) is 0 Å². The second-order valence-corrected chi connectivity index (χ2v) is 6.05. The Morgan fingerprint density at radius 1 is 1.00 bits per heavy atom. The zero-order valence-corrected chi connectivity index (χ0v) is 13.5. The fourth-order valence-electron chi connectivity index (χ4n) is 3.08. The Kier molecular flexibility index (Phi) is 4.21. The average Bonchev–Trinajstić information content (AvgIpc) is 2.84. The molecule has 0 aliphatic carbocycles. The van der Waals surface area contributed by atoms with E-state index in [1.807, 2.05) is 42.7 Å². The Labute approximate surface area is 142 Å². The second kappa shape index (κ2) is 6.81. The molecule has 120 valence electrons. The van der Waals surface area contributed by atoms with Crippen LogP contribution in [0.1, 0.15) is 11.3 Å². The van der Waals surface area contributed by atoms with Crippen LogP contribution in [0, 0.1) is 0 Å². The van der Waals surface area contributed by atoms with Gasteiger partial charge in [-0.3, -0.25) is 14.9 Å². The number of fused-ring (bicyclic) bond motifs is 1. The second-order valence-electron chi connectivity index (χ2n) is 6.05. The van der Waals surface area contributed by atoms with Gasteiger partial charge in [-0.1, -0.05) is 36.4 Å². The van der Waals surface area contributed by atoms with Crippen LogP contribution in [0.3, 0.4) is 0 Å². The predicted octanol–water partition coefficient (Wildman–Crippen LogP) is 3.57. The fraction of sp³-hybridized carbons (Fsp3) is 0.200.